The Morgan fingerprint density at radius 3 is 1.69 bits per heavy atom. The van der Waals surface area contributed by atoms with Crippen molar-refractivity contribution in [1.29, 1.82) is 0 Å². The molecule has 4 rings (SSSR count). The Labute approximate surface area is 424 Å². The Balaban J connectivity index is 0.00000641. The summed E-state index contributed by atoms with van der Waals surface area (Å²) in [7, 11) is -13.3. The maximum atomic E-state index is 12.4. The van der Waals surface area contributed by atoms with Gasteiger partial charge in [0.2, 0.25) is 29.7 Å². The van der Waals surface area contributed by atoms with Crippen LogP contribution in [0.3, 0.4) is 0 Å². The third kappa shape index (κ3) is 19.1. The number of nitrogens with zero attached hydrogens (tertiary/aromatic N) is 7. The first kappa shape index (κ1) is 57.8. The van der Waals surface area contributed by atoms with Crippen LogP contribution in [-0.4, -0.2) is 149 Å². The van der Waals surface area contributed by atoms with Gasteiger partial charge in [0, 0.05) is 44.5 Å². The maximum absolute atomic E-state index is 12.4. The first-order chi connectivity index (χ1) is 27.8. The second-order valence-corrected chi connectivity index (χ2v) is 16.4. The van der Waals surface area contributed by atoms with Crippen LogP contribution in [0.4, 0.5) is 41.1 Å². The molecule has 0 fully saturated rings. The van der Waals surface area contributed by atoms with E-state index in [1.807, 2.05) is 0 Å². The van der Waals surface area contributed by atoms with Crippen LogP contribution in [0.15, 0.2) is 46.2 Å². The van der Waals surface area contributed by atoms with Gasteiger partial charge in [-0.3, -0.25) is 0 Å². The van der Waals surface area contributed by atoms with Crippen LogP contribution in [0.1, 0.15) is 23.9 Å². The van der Waals surface area contributed by atoms with Gasteiger partial charge in [-0.25, -0.2) is 25.3 Å². The average Bonchev–Trinajstić information content (AvgIpc) is 3.16. The molecule has 24 nitrogen and oxygen atoms in total. The number of aryl methyl sites for hydroxylation is 1. The van der Waals surface area contributed by atoms with Crippen molar-refractivity contribution in [2.75, 3.05) is 85.0 Å². The summed E-state index contributed by atoms with van der Waals surface area (Å²) in [5, 5.41) is 38.8. The largest absolute Gasteiger partial charge is 1.00 e. The second kappa shape index (κ2) is 26.7. The molecule has 1 atom stereocenters. The van der Waals surface area contributed by atoms with E-state index in [9.17, 15) is 49.1 Å². The van der Waals surface area contributed by atoms with Crippen molar-refractivity contribution in [2.24, 2.45) is 0 Å². The molecule has 1 unspecified atom stereocenters. The van der Waals surface area contributed by atoms with Crippen LogP contribution in [-0.2, 0) is 41.5 Å². The third-order valence-electron chi connectivity index (χ3n) is 7.58. The van der Waals surface area contributed by atoms with E-state index in [2.05, 4.69) is 51.2 Å². The van der Waals surface area contributed by atoms with E-state index in [4.69, 9.17) is 9.84 Å². The Morgan fingerprint density at radius 1 is 0.726 bits per heavy atom. The standard InChI is InChI=1S/C32H43N11O13S3.3Na/c1-3-27-37-30(42-32(38-27)43(2)18-24(46)19-45)35-22-8-6-20(25(16-22)58(50,51)52)4-5-21-7-9-23(17-26(21)59(53,54)55)36-31-40-28(33-10-13-56-14-12-44)39-29(41-31)34-11-15-57(47,48)49;;;/h4-9,16-17,24,44-46H,3,10-15,18-19H2,1-2H3,(H,47,48,49)(H,50,51,52)(H,53,54,55)(H,35,37,38,42)(H3,33,34,36,39,40,41);;;/q;3*+1/p-3. The van der Waals surface area contributed by atoms with Crippen molar-refractivity contribution in [2.45, 2.75) is 29.2 Å². The van der Waals surface area contributed by atoms with E-state index in [0.717, 1.165) is 24.3 Å². The minimum atomic E-state index is -5.19. The van der Waals surface area contributed by atoms with Gasteiger partial charge < -0.3 is 59.9 Å². The zero-order chi connectivity index (χ0) is 43.4. The molecule has 30 heteroatoms. The summed E-state index contributed by atoms with van der Waals surface area (Å²) in [5.74, 6) is -0.798. The number of nitrogens with one attached hydrogen (secondary N) is 4. The van der Waals surface area contributed by atoms with Gasteiger partial charge in [-0.05, 0) is 35.4 Å². The number of anilines is 7. The minimum Gasteiger partial charge on any atom is -0.748 e. The van der Waals surface area contributed by atoms with Gasteiger partial charge in [0.25, 0.3) is 0 Å². The normalized spacial score (nSPS) is 12.1. The first-order valence-corrected chi connectivity index (χ1v) is 21.7. The van der Waals surface area contributed by atoms with Crippen LogP contribution >= 0.6 is 0 Å². The molecule has 0 amide bonds. The van der Waals surface area contributed by atoms with Gasteiger partial charge in [-0.1, -0.05) is 31.2 Å². The number of rotatable bonds is 23. The molecular weight excluding hydrogens is 912 g/mol. The number of ether oxygens (including phenoxy) is 1. The zero-order valence-electron chi connectivity index (χ0n) is 34.3. The first-order valence-electron chi connectivity index (χ1n) is 17.3. The molecule has 2 aromatic heterocycles. The molecule has 7 N–H and O–H groups in total. The Kier molecular flexibility index (Phi) is 24.8. The molecule has 0 aliphatic rings. The van der Waals surface area contributed by atoms with Gasteiger partial charge in [0.15, 0.2) is 0 Å². The van der Waals surface area contributed by atoms with E-state index in [1.165, 1.54) is 29.2 Å². The van der Waals surface area contributed by atoms with E-state index < -0.39 is 58.6 Å². The topological polar surface area (TPSA) is 370 Å². The van der Waals surface area contributed by atoms with E-state index in [0.29, 0.717) is 12.2 Å². The Hall–Kier alpha value is -2.23. The van der Waals surface area contributed by atoms with Crippen molar-refractivity contribution in [3.8, 4) is 0 Å². The molecule has 0 bridgehead atoms. The van der Waals surface area contributed by atoms with Gasteiger partial charge >= 0.3 is 88.7 Å². The molecule has 2 heterocycles. The van der Waals surface area contributed by atoms with Gasteiger partial charge in [-0.2, -0.15) is 29.9 Å². The van der Waals surface area contributed by atoms with Crippen LogP contribution < -0.4 is 115 Å². The van der Waals surface area contributed by atoms with Crippen LogP contribution in [0.25, 0.3) is 12.2 Å². The summed E-state index contributed by atoms with van der Waals surface area (Å²) < 4.78 is 113. The molecule has 2 aromatic carbocycles. The van der Waals surface area contributed by atoms with Crippen LogP contribution in [0.2, 0.25) is 0 Å². The van der Waals surface area contributed by atoms with E-state index in [-0.39, 0.29) is 180 Å². The Morgan fingerprint density at radius 2 is 1.23 bits per heavy atom. The van der Waals surface area contributed by atoms with Gasteiger partial charge in [-0.15, -0.1) is 0 Å². The van der Waals surface area contributed by atoms with Crippen molar-refractivity contribution in [1.82, 2.24) is 29.9 Å². The third-order valence-corrected chi connectivity index (χ3v) is 10.1. The number of aliphatic hydroxyl groups excluding tert-OH is 3. The number of likely N-dealkylation sites (N-methyl/N-ethyl adjacent to an activating group) is 1. The monoisotopic (exact) mass is 951 g/mol. The number of benzene rings is 2. The minimum absolute atomic E-state index is 0. The molecule has 0 aliphatic carbocycles. The summed E-state index contributed by atoms with van der Waals surface area (Å²) in [6.45, 7) is 1.07. The molecule has 0 aliphatic heterocycles. The number of aromatic nitrogens is 6. The van der Waals surface area contributed by atoms with Crippen molar-refractivity contribution in [3.63, 3.8) is 0 Å². The summed E-state index contributed by atoms with van der Waals surface area (Å²) >= 11 is 0. The van der Waals surface area contributed by atoms with E-state index >= 15 is 0 Å². The average molecular weight is 952 g/mol. The van der Waals surface area contributed by atoms with Crippen LogP contribution in [0, 0.1) is 0 Å². The summed E-state index contributed by atoms with van der Waals surface area (Å²) in [4.78, 5) is 25.2. The molecule has 4 aromatic rings. The number of hydrogen-bond acceptors (Lipinski definition) is 24. The fraction of sp³-hybridized carbons (Fsp3) is 0.375. The molecular formula is C32H40N11Na3O13S3. The fourth-order valence-corrected chi connectivity index (χ4v) is 6.64. The van der Waals surface area contributed by atoms with Gasteiger partial charge in [0.1, 0.15) is 26.1 Å². The maximum Gasteiger partial charge on any atom is 1.00 e. The van der Waals surface area contributed by atoms with Crippen LogP contribution in [0.5, 0.6) is 0 Å². The number of hydrogen-bond donors (Lipinski definition) is 7. The smallest absolute Gasteiger partial charge is 0.748 e. The Bertz CT molecular complexity index is 2460. The predicted molar refractivity (Wildman–Crippen MR) is 209 cm³/mol. The molecule has 0 spiro atoms. The zero-order valence-corrected chi connectivity index (χ0v) is 42.8. The SMILES string of the molecule is CCc1nc(Nc2ccc(C=Cc3ccc(Nc4nc(NCCOCCO)nc(NCCS(=O)(=O)[O-])n4)cc3S(=O)(=O)[O-])c(S(=O)(=O)[O-])c2)nc(N(C)CC(O)CO)n1.[Na+].[Na+].[Na+]. The predicted octanol–water partition coefficient (Wildman–Crippen LogP) is -9.74. The summed E-state index contributed by atoms with van der Waals surface area (Å²) in [6, 6.07) is 7.15. The van der Waals surface area contributed by atoms with Crippen molar-refractivity contribution in [3.05, 3.63) is 53.3 Å². The second-order valence-electron chi connectivity index (χ2n) is 12.2. The quantitative estimate of drug-likeness (QED) is 0.0157. The van der Waals surface area contributed by atoms with E-state index in [1.54, 1.807) is 14.0 Å². The molecule has 62 heavy (non-hydrogen) atoms. The molecule has 0 saturated carbocycles. The number of aliphatic hydroxyl groups is 3. The van der Waals surface area contributed by atoms with Gasteiger partial charge in [0.05, 0.1) is 58.2 Å². The summed E-state index contributed by atoms with van der Waals surface area (Å²) in [6.07, 6.45) is 1.53. The van der Waals surface area contributed by atoms with Crippen molar-refractivity contribution >= 4 is 83.6 Å². The molecule has 0 saturated heterocycles. The molecule has 322 valence electrons. The van der Waals surface area contributed by atoms with Crippen molar-refractivity contribution < 1.29 is 148 Å². The fourth-order valence-electron chi connectivity index (χ4n) is 4.90. The summed E-state index contributed by atoms with van der Waals surface area (Å²) in [5.41, 5.74) is -0.297. The molecule has 0 radical (unpaired) electrons.